The van der Waals surface area contributed by atoms with Gasteiger partial charge in [-0.15, -0.1) is 0 Å². The number of hydrogen-bond donors (Lipinski definition) is 2. The van der Waals surface area contributed by atoms with Gasteiger partial charge in [0.15, 0.2) is 0 Å². The van der Waals surface area contributed by atoms with Gasteiger partial charge in [-0.05, 0) is 25.9 Å². The Labute approximate surface area is 54.1 Å². The second-order valence-corrected chi connectivity index (χ2v) is 2.50. The highest BCUT2D eigenvalue weighted by molar-refractivity contribution is 5.73. The summed E-state index contributed by atoms with van der Waals surface area (Å²) in [6.45, 7) is 0.844. The van der Waals surface area contributed by atoms with Crippen molar-refractivity contribution in [1.29, 1.82) is 0 Å². The Kier molecular flexibility index (Phi) is 1.71. The van der Waals surface area contributed by atoms with Crippen LogP contribution in [0.5, 0.6) is 0 Å². The minimum Gasteiger partial charge on any atom is -0.481 e. The highest BCUT2D eigenvalue weighted by atomic mass is 16.4. The molecule has 0 radical (unpaired) electrons. The van der Waals surface area contributed by atoms with E-state index in [1.54, 1.807) is 0 Å². The normalized spacial score (nSPS) is 32.1. The second kappa shape index (κ2) is 2.35. The minimum absolute atomic E-state index is 0.0579. The summed E-state index contributed by atoms with van der Waals surface area (Å²) in [6.07, 6.45) is 0.857. The van der Waals surface area contributed by atoms with Crippen LogP contribution in [-0.4, -0.2) is 24.7 Å². The van der Waals surface area contributed by atoms with Gasteiger partial charge in [0.25, 0.3) is 0 Å². The standard InChI is InChI=1S/C6H11NO2/c1-7-3-4-2-5(4)6(8)9/h4-5,7H,2-3H2,1H3,(H,8,9)/t4-,5+/m1/s1. The molecule has 0 bridgehead atoms. The number of carbonyl (C=O) groups is 1. The Hall–Kier alpha value is -0.570. The first-order valence-corrected chi connectivity index (χ1v) is 3.13. The molecule has 2 N–H and O–H groups in total. The SMILES string of the molecule is CNC[C@H]1C[C@@H]1C(=O)O. The van der Waals surface area contributed by atoms with E-state index in [0.717, 1.165) is 13.0 Å². The van der Waals surface area contributed by atoms with Crippen LogP contribution in [0, 0.1) is 11.8 Å². The molecule has 1 aliphatic rings. The van der Waals surface area contributed by atoms with Crippen molar-refractivity contribution in [3.05, 3.63) is 0 Å². The first-order chi connectivity index (χ1) is 4.25. The van der Waals surface area contributed by atoms with E-state index < -0.39 is 5.97 Å². The monoisotopic (exact) mass is 129 g/mol. The number of carboxylic acid groups (broad SMARTS) is 1. The van der Waals surface area contributed by atoms with E-state index in [1.165, 1.54) is 0 Å². The molecule has 3 nitrogen and oxygen atoms in total. The van der Waals surface area contributed by atoms with Crippen LogP contribution in [0.4, 0.5) is 0 Å². The summed E-state index contributed by atoms with van der Waals surface area (Å²) in [5.41, 5.74) is 0. The number of aliphatic carboxylic acids is 1. The molecule has 2 atom stereocenters. The minimum atomic E-state index is -0.643. The van der Waals surface area contributed by atoms with Crippen molar-refractivity contribution >= 4 is 5.97 Å². The highest BCUT2D eigenvalue weighted by Gasteiger charge is 2.42. The third-order valence-corrected chi connectivity index (χ3v) is 1.71. The number of nitrogens with one attached hydrogen (secondary N) is 1. The van der Waals surface area contributed by atoms with Crippen LogP contribution in [0.1, 0.15) is 6.42 Å². The summed E-state index contributed by atoms with van der Waals surface area (Å²) in [6, 6.07) is 0. The van der Waals surface area contributed by atoms with Crippen LogP contribution in [0.2, 0.25) is 0 Å². The fourth-order valence-corrected chi connectivity index (χ4v) is 1.04. The molecule has 0 amide bonds. The van der Waals surface area contributed by atoms with Crippen LogP contribution in [-0.2, 0) is 4.79 Å². The van der Waals surface area contributed by atoms with Crippen LogP contribution < -0.4 is 5.32 Å². The van der Waals surface area contributed by atoms with Crippen molar-refractivity contribution in [3.63, 3.8) is 0 Å². The number of rotatable bonds is 3. The first kappa shape index (κ1) is 6.55. The average molecular weight is 129 g/mol. The van der Waals surface area contributed by atoms with Crippen molar-refractivity contribution in [1.82, 2.24) is 5.32 Å². The van der Waals surface area contributed by atoms with Crippen molar-refractivity contribution in [2.24, 2.45) is 11.8 Å². The van der Waals surface area contributed by atoms with Crippen LogP contribution >= 0.6 is 0 Å². The Bertz CT molecular complexity index is 124. The molecule has 0 aromatic heterocycles. The highest BCUT2D eigenvalue weighted by Crippen LogP contribution is 2.37. The smallest absolute Gasteiger partial charge is 0.306 e. The Morgan fingerprint density at radius 2 is 2.56 bits per heavy atom. The van der Waals surface area contributed by atoms with Gasteiger partial charge in [-0.1, -0.05) is 0 Å². The molecule has 0 unspecified atom stereocenters. The molecule has 9 heavy (non-hydrogen) atoms. The molecular formula is C6H11NO2. The molecule has 0 aromatic rings. The molecule has 3 heteroatoms. The zero-order valence-corrected chi connectivity index (χ0v) is 5.42. The van der Waals surface area contributed by atoms with E-state index in [4.69, 9.17) is 5.11 Å². The Morgan fingerprint density at radius 1 is 1.89 bits per heavy atom. The lowest BCUT2D eigenvalue weighted by Gasteiger charge is -1.91. The van der Waals surface area contributed by atoms with Crippen LogP contribution in [0.25, 0.3) is 0 Å². The van der Waals surface area contributed by atoms with Gasteiger partial charge >= 0.3 is 5.97 Å². The fourth-order valence-electron chi connectivity index (χ4n) is 1.04. The number of hydrogen-bond acceptors (Lipinski definition) is 2. The van der Waals surface area contributed by atoms with Crippen molar-refractivity contribution < 1.29 is 9.90 Å². The van der Waals surface area contributed by atoms with Gasteiger partial charge in [0.1, 0.15) is 0 Å². The number of carboxylic acids is 1. The average Bonchev–Trinajstić information content (AvgIpc) is 2.47. The summed E-state index contributed by atoms with van der Waals surface area (Å²) in [7, 11) is 1.84. The van der Waals surface area contributed by atoms with Gasteiger partial charge < -0.3 is 10.4 Å². The maximum Gasteiger partial charge on any atom is 0.306 e. The predicted octanol–water partition coefficient (Wildman–Crippen LogP) is -0.0735. The fraction of sp³-hybridized carbons (Fsp3) is 0.833. The molecule has 0 aromatic carbocycles. The van der Waals surface area contributed by atoms with E-state index in [1.807, 2.05) is 7.05 Å². The second-order valence-electron chi connectivity index (χ2n) is 2.50. The van der Waals surface area contributed by atoms with E-state index in [-0.39, 0.29) is 5.92 Å². The van der Waals surface area contributed by atoms with E-state index >= 15 is 0 Å². The molecule has 0 heterocycles. The lowest BCUT2D eigenvalue weighted by atomic mass is 10.3. The first-order valence-electron chi connectivity index (χ1n) is 3.13. The van der Waals surface area contributed by atoms with Gasteiger partial charge in [-0.25, -0.2) is 0 Å². The predicted molar refractivity (Wildman–Crippen MR) is 33.2 cm³/mol. The largest absolute Gasteiger partial charge is 0.481 e. The topological polar surface area (TPSA) is 49.3 Å². The third kappa shape index (κ3) is 1.42. The summed E-state index contributed by atoms with van der Waals surface area (Å²) < 4.78 is 0. The van der Waals surface area contributed by atoms with Gasteiger partial charge in [-0.2, -0.15) is 0 Å². The van der Waals surface area contributed by atoms with Gasteiger partial charge in [0.2, 0.25) is 0 Å². The summed E-state index contributed by atoms with van der Waals surface area (Å²) in [5, 5.41) is 11.4. The zero-order valence-electron chi connectivity index (χ0n) is 5.42. The molecule has 52 valence electrons. The lowest BCUT2D eigenvalue weighted by molar-refractivity contribution is -0.138. The van der Waals surface area contributed by atoms with E-state index in [9.17, 15) is 4.79 Å². The molecular weight excluding hydrogens is 118 g/mol. The molecule has 1 saturated carbocycles. The van der Waals surface area contributed by atoms with Gasteiger partial charge in [0, 0.05) is 0 Å². The van der Waals surface area contributed by atoms with Gasteiger partial charge in [-0.3, -0.25) is 4.79 Å². The van der Waals surface area contributed by atoms with Crippen molar-refractivity contribution in [3.8, 4) is 0 Å². The van der Waals surface area contributed by atoms with Crippen LogP contribution in [0.3, 0.4) is 0 Å². The zero-order chi connectivity index (χ0) is 6.85. The third-order valence-electron chi connectivity index (χ3n) is 1.71. The van der Waals surface area contributed by atoms with Crippen LogP contribution in [0.15, 0.2) is 0 Å². The maximum absolute atomic E-state index is 10.2. The van der Waals surface area contributed by atoms with Gasteiger partial charge in [0.05, 0.1) is 5.92 Å². The quantitative estimate of drug-likeness (QED) is 0.560. The summed E-state index contributed by atoms with van der Waals surface area (Å²) in [4.78, 5) is 10.2. The molecule has 0 saturated heterocycles. The molecule has 1 rings (SSSR count). The van der Waals surface area contributed by atoms with E-state index in [0.29, 0.717) is 5.92 Å². The van der Waals surface area contributed by atoms with Crippen molar-refractivity contribution in [2.45, 2.75) is 6.42 Å². The molecule has 0 aliphatic heterocycles. The van der Waals surface area contributed by atoms with Crippen molar-refractivity contribution in [2.75, 3.05) is 13.6 Å². The Balaban J connectivity index is 2.17. The summed E-state index contributed by atoms with van der Waals surface area (Å²) >= 11 is 0. The molecule has 0 spiro atoms. The maximum atomic E-state index is 10.2. The molecule has 1 fully saturated rings. The molecule has 1 aliphatic carbocycles. The lowest BCUT2D eigenvalue weighted by Crippen LogP contribution is -2.12. The summed E-state index contributed by atoms with van der Waals surface area (Å²) in [5.74, 6) is -0.305. The Morgan fingerprint density at radius 3 is 2.89 bits per heavy atom. The van der Waals surface area contributed by atoms with E-state index in [2.05, 4.69) is 5.32 Å².